The van der Waals surface area contributed by atoms with E-state index in [1.165, 1.54) is 22.8 Å². The number of hydrogen-bond donors (Lipinski definition) is 0. The van der Waals surface area contributed by atoms with Crippen LogP contribution < -0.4 is 0 Å². The lowest BCUT2D eigenvalue weighted by Crippen LogP contribution is -1.96. The molecule has 0 aliphatic carbocycles. The summed E-state index contributed by atoms with van der Waals surface area (Å²) < 4.78 is 13.1. The van der Waals surface area contributed by atoms with Crippen molar-refractivity contribution in [3.05, 3.63) is 77.1 Å². The van der Waals surface area contributed by atoms with Gasteiger partial charge in [0, 0.05) is 0 Å². The van der Waals surface area contributed by atoms with Gasteiger partial charge in [-0.25, -0.2) is 4.39 Å². The maximum atomic E-state index is 13.1. The third kappa shape index (κ3) is 3.80. The number of allylic oxidation sites excluding steroid dienone is 1. The molecule has 0 spiro atoms. The van der Waals surface area contributed by atoms with Gasteiger partial charge < -0.3 is 0 Å². The second-order valence-corrected chi connectivity index (χ2v) is 5.42. The second-order valence-electron chi connectivity index (χ2n) is 5.42. The third-order valence-electron chi connectivity index (χ3n) is 3.52. The van der Waals surface area contributed by atoms with Crippen LogP contribution in [0.4, 0.5) is 4.39 Å². The van der Waals surface area contributed by atoms with Crippen LogP contribution in [0.5, 0.6) is 0 Å². The molecule has 0 unspecified atom stereocenters. The normalized spacial score (nSPS) is 10.6. The van der Waals surface area contributed by atoms with Crippen molar-refractivity contribution in [1.82, 2.24) is 0 Å². The topological polar surface area (TPSA) is 0 Å². The second kappa shape index (κ2) is 6.51. The average molecular weight is 268 g/mol. The Morgan fingerprint density at radius 2 is 1.90 bits per heavy atom. The van der Waals surface area contributed by atoms with Crippen molar-refractivity contribution >= 4 is 5.57 Å². The van der Waals surface area contributed by atoms with Crippen LogP contribution in [0.2, 0.25) is 0 Å². The molecule has 20 heavy (non-hydrogen) atoms. The SMILES string of the molecule is C=C(C)c1ccc(C)cc1CCCc1cccc(F)c1. The summed E-state index contributed by atoms with van der Waals surface area (Å²) in [6.45, 7) is 8.20. The van der Waals surface area contributed by atoms with Crippen LogP contribution in [0.25, 0.3) is 5.57 Å². The predicted octanol–water partition coefficient (Wildman–Crippen LogP) is 5.34. The van der Waals surface area contributed by atoms with Crippen molar-refractivity contribution in [1.29, 1.82) is 0 Å². The summed E-state index contributed by atoms with van der Waals surface area (Å²) in [5.74, 6) is -0.152. The molecule has 0 heterocycles. The number of benzene rings is 2. The summed E-state index contributed by atoms with van der Waals surface area (Å²) in [5.41, 5.74) is 6.03. The lowest BCUT2D eigenvalue weighted by molar-refractivity contribution is 0.624. The maximum absolute atomic E-state index is 13.1. The van der Waals surface area contributed by atoms with E-state index in [-0.39, 0.29) is 5.82 Å². The first kappa shape index (κ1) is 14.5. The minimum atomic E-state index is -0.152. The molecule has 0 radical (unpaired) electrons. The number of halogens is 1. The van der Waals surface area contributed by atoms with Crippen molar-refractivity contribution in [2.24, 2.45) is 0 Å². The monoisotopic (exact) mass is 268 g/mol. The van der Waals surface area contributed by atoms with E-state index in [2.05, 4.69) is 31.7 Å². The van der Waals surface area contributed by atoms with Gasteiger partial charge in [0.2, 0.25) is 0 Å². The summed E-state index contributed by atoms with van der Waals surface area (Å²) in [6.07, 6.45) is 2.93. The highest BCUT2D eigenvalue weighted by Crippen LogP contribution is 2.21. The molecule has 2 aromatic carbocycles. The third-order valence-corrected chi connectivity index (χ3v) is 3.52. The highest BCUT2D eigenvalue weighted by atomic mass is 19.1. The van der Waals surface area contributed by atoms with E-state index in [9.17, 15) is 4.39 Å². The predicted molar refractivity (Wildman–Crippen MR) is 84.3 cm³/mol. The summed E-state index contributed by atoms with van der Waals surface area (Å²) >= 11 is 0. The largest absolute Gasteiger partial charge is 0.207 e. The molecule has 0 atom stereocenters. The van der Waals surface area contributed by atoms with Crippen molar-refractivity contribution in [2.45, 2.75) is 33.1 Å². The van der Waals surface area contributed by atoms with Gasteiger partial charge in [-0.05, 0) is 61.9 Å². The van der Waals surface area contributed by atoms with Crippen molar-refractivity contribution in [3.8, 4) is 0 Å². The van der Waals surface area contributed by atoms with E-state index in [4.69, 9.17) is 0 Å². The highest BCUT2D eigenvalue weighted by molar-refractivity contribution is 5.65. The van der Waals surface area contributed by atoms with Gasteiger partial charge in [-0.1, -0.05) is 48.0 Å². The number of aryl methyl sites for hydroxylation is 3. The molecule has 0 saturated carbocycles. The number of hydrogen-bond acceptors (Lipinski definition) is 0. The zero-order valence-corrected chi connectivity index (χ0v) is 12.2. The van der Waals surface area contributed by atoms with Gasteiger partial charge in [0.15, 0.2) is 0 Å². The van der Waals surface area contributed by atoms with Crippen molar-refractivity contribution in [3.63, 3.8) is 0 Å². The lowest BCUT2D eigenvalue weighted by Gasteiger charge is -2.10. The Morgan fingerprint density at radius 1 is 1.10 bits per heavy atom. The summed E-state index contributed by atoms with van der Waals surface area (Å²) in [5, 5.41) is 0. The Hall–Kier alpha value is -1.89. The lowest BCUT2D eigenvalue weighted by atomic mass is 9.95. The van der Waals surface area contributed by atoms with Crippen LogP contribution in [0, 0.1) is 12.7 Å². The van der Waals surface area contributed by atoms with Gasteiger partial charge in [-0.15, -0.1) is 0 Å². The summed E-state index contributed by atoms with van der Waals surface area (Å²) in [6, 6.07) is 13.4. The zero-order valence-electron chi connectivity index (χ0n) is 12.2. The molecule has 0 nitrogen and oxygen atoms in total. The Kier molecular flexibility index (Phi) is 4.73. The van der Waals surface area contributed by atoms with Gasteiger partial charge >= 0.3 is 0 Å². The Balaban J connectivity index is 2.04. The van der Waals surface area contributed by atoms with Crippen LogP contribution in [0.1, 0.15) is 35.6 Å². The highest BCUT2D eigenvalue weighted by Gasteiger charge is 2.04. The first-order valence-corrected chi connectivity index (χ1v) is 7.06. The molecule has 0 aliphatic rings. The first-order chi connectivity index (χ1) is 9.56. The van der Waals surface area contributed by atoms with Gasteiger partial charge in [-0.3, -0.25) is 0 Å². The fourth-order valence-corrected chi connectivity index (χ4v) is 2.52. The van der Waals surface area contributed by atoms with E-state index in [1.54, 1.807) is 12.1 Å². The van der Waals surface area contributed by atoms with Gasteiger partial charge in [0.05, 0.1) is 0 Å². The van der Waals surface area contributed by atoms with Gasteiger partial charge in [-0.2, -0.15) is 0 Å². The Labute approximate surface area is 121 Å². The van der Waals surface area contributed by atoms with E-state index in [0.29, 0.717) is 0 Å². The van der Waals surface area contributed by atoms with E-state index in [1.807, 2.05) is 13.0 Å². The fourth-order valence-electron chi connectivity index (χ4n) is 2.52. The minimum Gasteiger partial charge on any atom is -0.207 e. The maximum Gasteiger partial charge on any atom is 0.123 e. The molecule has 1 heteroatoms. The molecule has 2 rings (SSSR count). The first-order valence-electron chi connectivity index (χ1n) is 7.06. The molecule has 104 valence electrons. The van der Waals surface area contributed by atoms with E-state index >= 15 is 0 Å². The van der Waals surface area contributed by atoms with Crippen LogP contribution >= 0.6 is 0 Å². The smallest absolute Gasteiger partial charge is 0.123 e. The van der Waals surface area contributed by atoms with E-state index in [0.717, 1.165) is 30.4 Å². The fraction of sp³-hybridized carbons (Fsp3) is 0.263. The molecule has 0 saturated heterocycles. The van der Waals surface area contributed by atoms with Crippen molar-refractivity contribution < 1.29 is 4.39 Å². The molecule has 0 amide bonds. The summed E-state index contributed by atoms with van der Waals surface area (Å²) in [4.78, 5) is 0. The van der Waals surface area contributed by atoms with Crippen molar-refractivity contribution in [2.75, 3.05) is 0 Å². The minimum absolute atomic E-state index is 0.152. The molecule has 0 N–H and O–H groups in total. The molecule has 0 bridgehead atoms. The van der Waals surface area contributed by atoms with E-state index < -0.39 is 0 Å². The Morgan fingerprint density at radius 3 is 2.60 bits per heavy atom. The zero-order chi connectivity index (χ0) is 14.5. The standard InChI is InChI=1S/C19H21F/c1-14(2)19-11-10-15(3)12-17(19)8-4-6-16-7-5-9-18(20)13-16/h5,7,9-13H,1,4,6,8H2,2-3H3. The molecule has 0 aliphatic heterocycles. The van der Waals surface area contributed by atoms with Gasteiger partial charge in [0.1, 0.15) is 5.82 Å². The average Bonchev–Trinajstić information content (AvgIpc) is 2.38. The van der Waals surface area contributed by atoms with Gasteiger partial charge in [0.25, 0.3) is 0 Å². The molecule has 0 fully saturated rings. The molecule has 0 aromatic heterocycles. The van der Waals surface area contributed by atoms with Crippen LogP contribution in [0.3, 0.4) is 0 Å². The molecule has 2 aromatic rings. The molecular weight excluding hydrogens is 247 g/mol. The van der Waals surface area contributed by atoms with Crippen LogP contribution in [-0.2, 0) is 12.8 Å². The number of rotatable bonds is 5. The van der Waals surface area contributed by atoms with Crippen LogP contribution in [-0.4, -0.2) is 0 Å². The Bertz CT molecular complexity index is 611. The summed E-state index contributed by atoms with van der Waals surface area (Å²) in [7, 11) is 0. The molecular formula is C19H21F. The van der Waals surface area contributed by atoms with Crippen LogP contribution in [0.15, 0.2) is 49.0 Å². The quantitative estimate of drug-likeness (QED) is 0.686.